The summed E-state index contributed by atoms with van der Waals surface area (Å²) in [7, 11) is 0. The summed E-state index contributed by atoms with van der Waals surface area (Å²) in [6, 6.07) is 10.1. The second-order valence-corrected chi connectivity index (χ2v) is 6.29. The summed E-state index contributed by atoms with van der Waals surface area (Å²) in [6.07, 6.45) is 0.807. The molecule has 136 valence electrons. The molecule has 2 aromatic rings. The minimum atomic E-state index is -0.956. The van der Waals surface area contributed by atoms with Crippen molar-refractivity contribution < 1.29 is 24.2 Å². The fraction of sp³-hybridized carbons (Fsp3) is 0.263. The number of nitrogens with one attached hydrogen (secondary N) is 1. The van der Waals surface area contributed by atoms with Gasteiger partial charge < -0.3 is 19.9 Å². The fourth-order valence-corrected chi connectivity index (χ4v) is 2.96. The van der Waals surface area contributed by atoms with Gasteiger partial charge in [0.05, 0.1) is 17.0 Å². The van der Waals surface area contributed by atoms with E-state index in [0.29, 0.717) is 42.7 Å². The number of amides is 1. The van der Waals surface area contributed by atoms with E-state index >= 15 is 0 Å². The number of hydrogen-bond donors (Lipinski definition) is 2. The lowest BCUT2D eigenvalue weighted by molar-refractivity contribution is -0.120. The number of carbonyl (C=O) groups is 2. The Bertz CT molecular complexity index is 819. The molecule has 2 aromatic carbocycles. The molecule has 0 atom stereocenters. The second kappa shape index (κ2) is 8.10. The Morgan fingerprint density at radius 1 is 1.08 bits per heavy atom. The average Bonchev–Trinajstić information content (AvgIpc) is 2.62. The smallest absolute Gasteiger partial charge is 0.335 e. The summed E-state index contributed by atoms with van der Waals surface area (Å²) in [6.45, 7) is 1.38. The number of fused-ring (bicyclic) bond motifs is 1. The molecular weight excluding hydrogens is 358 g/mol. The highest BCUT2D eigenvalue weighted by atomic mass is 35.5. The predicted octanol–water partition coefficient (Wildman–Crippen LogP) is 2.71. The SMILES string of the molecule is O=C(Cc1cc(Cl)c2c(c1)OCCO2)NCCc1ccc(C(=O)O)cc1. The standard InChI is InChI=1S/C19H18ClNO5/c20-15-9-13(10-16-18(15)26-8-7-25-16)11-17(22)21-6-5-12-1-3-14(4-2-12)19(23)24/h1-4,9-10H,5-8,11H2,(H,21,22)(H,23,24). The molecular formula is C19H18ClNO5. The molecule has 0 unspecified atom stereocenters. The lowest BCUT2D eigenvalue weighted by Crippen LogP contribution is -2.27. The van der Waals surface area contributed by atoms with Crippen molar-refractivity contribution in [2.45, 2.75) is 12.8 Å². The lowest BCUT2D eigenvalue weighted by Gasteiger charge is -2.20. The van der Waals surface area contributed by atoms with Crippen LogP contribution in [0.15, 0.2) is 36.4 Å². The zero-order valence-corrected chi connectivity index (χ0v) is 14.7. The van der Waals surface area contributed by atoms with Crippen LogP contribution in [0.2, 0.25) is 5.02 Å². The van der Waals surface area contributed by atoms with E-state index in [9.17, 15) is 9.59 Å². The molecule has 1 amide bonds. The van der Waals surface area contributed by atoms with E-state index < -0.39 is 5.97 Å². The molecule has 1 aliphatic heterocycles. The van der Waals surface area contributed by atoms with Gasteiger partial charge in [0.25, 0.3) is 0 Å². The van der Waals surface area contributed by atoms with Gasteiger partial charge in [-0.25, -0.2) is 4.79 Å². The highest BCUT2D eigenvalue weighted by Crippen LogP contribution is 2.38. The van der Waals surface area contributed by atoms with Gasteiger partial charge in [-0.3, -0.25) is 4.79 Å². The molecule has 0 radical (unpaired) electrons. The van der Waals surface area contributed by atoms with Gasteiger partial charge in [0.2, 0.25) is 5.91 Å². The monoisotopic (exact) mass is 375 g/mol. The molecule has 26 heavy (non-hydrogen) atoms. The van der Waals surface area contributed by atoms with Crippen LogP contribution in [0.5, 0.6) is 11.5 Å². The first-order valence-electron chi connectivity index (χ1n) is 8.20. The first-order valence-corrected chi connectivity index (χ1v) is 8.57. The van der Waals surface area contributed by atoms with E-state index in [0.717, 1.165) is 11.1 Å². The van der Waals surface area contributed by atoms with Gasteiger partial charge in [-0.15, -0.1) is 0 Å². The number of rotatable bonds is 6. The third-order valence-electron chi connectivity index (χ3n) is 3.96. The number of benzene rings is 2. The van der Waals surface area contributed by atoms with Crippen LogP contribution in [-0.2, 0) is 17.6 Å². The topological polar surface area (TPSA) is 84.9 Å². The number of carboxylic acid groups (broad SMARTS) is 1. The molecule has 0 fully saturated rings. The summed E-state index contributed by atoms with van der Waals surface area (Å²) in [5, 5.41) is 12.2. The first-order chi connectivity index (χ1) is 12.5. The van der Waals surface area contributed by atoms with Crippen LogP contribution < -0.4 is 14.8 Å². The van der Waals surface area contributed by atoms with Crippen LogP contribution in [-0.4, -0.2) is 36.7 Å². The molecule has 6 nitrogen and oxygen atoms in total. The van der Waals surface area contributed by atoms with Crippen molar-refractivity contribution in [3.63, 3.8) is 0 Å². The summed E-state index contributed by atoms with van der Waals surface area (Å²) in [5.74, 6) is -0.000189. The van der Waals surface area contributed by atoms with E-state index in [1.54, 1.807) is 36.4 Å². The van der Waals surface area contributed by atoms with Crippen LogP contribution in [0.4, 0.5) is 0 Å². The minimum absolute atomic E-state index is 0.125. The minimum Gasteiger partial charge on any atom is -0.486 e. The fourth-order valence-electron chi connectivity index (χ4n) is 2.67. The van der Waals surface area contributed by atoms with Crippen LogP contribution in [0, 0.1) is 0 Å². The van der Waals surface area contributed by atoms with Gasteiger partial charge >= 0.3 is 5.97 Å². The third-order valence-corrected chi connectivity index (χ3v) is 4.24. The molecule has 0 bridgehead atoms. The third kappa shape index (κ3) is 4.46. The number of ether oxygens (including phenoxy) is 2. The molecule has 7 heteroatoms. The maximum absolute atomic E-state index is 12.1. The zero-order chi connectivity index (χ0) is 18.5. The summed E-state index contributed by atoms with van der Waals surface area (Å²) in [4.78, 5) is 22.9. The highest BCUT2D eigenvalue weighted by molar-refractivity contribution is 6.32. The predicted molar refractivity (Wildman–Crippen MR) is 96.3 cm³/mol. The number of carbonyl (C=O) groups excluding carboxylic acids is 1. The zero-order valence-electron chi connectivity index (χ0n) is 14.0. The Morgan fingerprint density at radius 3 is 2.54 bits per heavy atom. The Kier molecular flexibility index (Phi) is 5.63. The molecule has 1 heterocycles. The van der Waals surface area contributed by atoms with Crippen LogP contribution in [0.25, 0.3) is 0 Å². The van der Waals surface area contributed by atoms with Crippen molar-refractivity contribution in [1.29, 1.82) is 0 Å². The number of aromatic carboxylic acids is 1. The van der Waals surface area contributed by atoms with Gasteiger partial charge in [0.15, 0.2) is 11.5 Å². The molecule has 0 saturated heterocycles. The van der Waals surface area contributed by atoms with Gasteiger partial charge in [-0.05, 0) is 41.8 Å². The van der Waals surface area contributed by atoms with E-state index in [4.69, 9.17) is 26.2 Å². The highest BCUT2D eigenvalue weighted by Gasteiger charge is 2.17. The van der Waals surface area contributed by atoms with Crippen molar-refractivity contribution in [2.24, 2.45) is 0 Å². The molecule has 0 saturated carbocycles. The molecule has 0 aliphatic carbocycles. The average molecular weight is 376 g/mol. The summed E-state index contributed by atoms with van der Waals surface area (Å²) >= 11 is 6.17. The van der Waals surface area contributed by atoms with Gasteiger partial charge in [-0.1, -0.05) is 23.7 Å². The molecule has 0 aromatic heterocycles. The Labute approximate surface area is 155 Å². The normalized spacial score (nSPS) is 12.5. The van der Waals surface area contributed by atoms with Crippen LogP contribution in [0.3, 0.4) is 0 Å². The number of halogens is 1. The molecule has 0 spiro atoms. The number of carboxylic acids is 1. The van der Waals surface area contributed by atoms with Crippen molar-refractivity contribution in [1.82, 2.24) is 5.32 Å². The molecule has 2 N–H and O–H groups in total. The van der Waals surface area contributed by atoms with Crippen molar-refractivity contribution in [2.75, 3.05) is 19.8 Å². The molecule has 1 aliphatic rings. The van der Waals surface area contributed by atoms with Crippen molar-refractivity contribution in [3.8, 4) is 11.5 Å². The van der Waals surface area contributed by atoms with Crippen molar-refractivity contribution in [3.05, 3.63) is 58.1 Å². The lowest BCUT2D eigenvalue weighted by atomic mass is 10.1. The van der Waals surface area contributed by atoms with E-state index in [1.807, 2.05) is 0 Å². The van der Waals surface area contributed by atoms with Gasteiger partial charge in [0.1, 0.15) is 13.2 Å². The van der Waals surface area contributed by atoms with Crippen LogP contribution >= 0.6 is 11.6 Å². The molecule has 3 rings (SSSR count). The van der Waals surface area contributed by atoms with Gasteiger partial charge in [-0.2, -0.15) is 0 Å². The Balaban J connectivity index is 1.51. The maximum atomic E-state index is 12.1. The van der Waals surface area contributed by atoms with E-state index in [2.05, 4.69) is 5.32 Å². The summed E-state index contributed by atoms with van der Waals surface area (Å²) in [5.41, 5.74) is 1.95. The van der Waals surface area contributed by atoms with Crippen LogP contribution in [0.1, 0.15) is 21.5 Å². The largest absolute Gasteiger partial charge is 0.486 e. The Hall–Kier alpha value is -2.73. The first kappa shape index (κ1) is 18.1. The van der Waals surface area contributed by atoms with E-state index in [1.165, 1.54) is 0 Å². The van der Waals surface area contributed by atoms with Gasteiger partial charge in [0, 0.05) is 6.54 Å². The number of hydrogen-bond acceptors (Lipinski definition) is 4. The van der Waals surface area contributed by atoms with Crippen molar-refractivity contribution >= 4 is 23.5 Å². The second-order valence-electron chi connectivity index (χ2n) is 5.88. The quantitative estimate of drug-likeness (QED) is 0.810. The summed E-state index contributed by atoms with van der Waals surface area (Å²) < 4.78 is 11.0. The van der Waals surface area contributed by atoms with E-state index in [-0.39, 0.29) is 17.9 Å². The maximum Gasteiger partial charge on any atom is 0.335 e. The Morgan fingerprint density at radius 2 is 1.81 bits per heavy atom.